The molecule has 0 bridgehead atoms. The molecule has 7 nitrogen and oxygen atoms in total. The number of fused-ring (bicyclic) bond motifs is 1. The summed E-state index contributed by atoms with van der Waals surface area (Å²) in [7, 11) is 1.80. The van der Waals surface area contributed by atoms with E-state index in [9.17, 15) is 0 Å². The maximum Gasteiger partial charge on any atom is 0.147 e. The predicted octanol–water partition coefficient (Wildman–Crippen LogP) is 2.31. The Hall–Kier alpha value is -1.73. The Balaban J connectivity index is 1.58. The molecule has 0 saturated carbocycles. The number of hydrogen-bond donors (Lipinski definition) is 1. The van der Waals surface area contributed by atoms with E-state index in [1.165, 1.54) is 19.3 Å². The summed E-state index contributed by atoms with van der Waals surface area (Å²) in [5, 5.41) is 8.95. The average Bonchev–Trinajstić information content (AvgIpc) is 3.22. The number of nitrogens with one attached hydrogen (secondary N) is 1. The summed E-state index contributed by atoms with van der Waals surface area (Å²) >= 11 is 0. The van der Waals surface area contributed by atoms with Crippen LogP contribution in [0.4, 0.5) is 0 Å². The van der Waals surface area contributed by atoms with E-state index in [0.29, 0.717) is 0 Å². The van der Waals surface area contributed by atoms with Gasteiger partial charge in [-0.15, -0.1) is 10.2 Å². The number of hydrogen-bond acceptors (Lipinski definition) is 5. The van der Waals surface area contributed by atoms with Crippen molar-refractivity contribution in [2.75, 3.05) is 13.7 Å². The van der Waals surface area contributed by atoms with Gasteiger partial charge in [0.2, 0.25) is 0 Å². The van der Waals surface area contributed by atoms with Crippen LogP contribution in [0.2, 0.25) is 0 Å². The highest BCUT2D eigenvalue weighted by molar-refractivity contribution is 5.15. The molecule has 1 saturated heterocycles. The predicted molar refractivity (Wildman–Crippen MR) is 94.2 cm³/mol. The summed E-state index contributed by atoms with van der Waals surface area (Å²) in [5.41, 5.74) is 2.22. The molecule has 25 heavy (non-hydrogen) atoms. The van der Waals surface area contributed by atoms with Gasteiger partial charge >= 0.3 is 0 Å². The van der Waals surface area contributed by atoms with E-state index in [0.717, 1.165) is 61.3 Å². The number of aromatic nitrogens is 5. The van der Waals surface area contributed by atoms with E-state index in [2.05, 4.69) is 38.5 Å². The molecule has 0 aliphatic carbocycles. The molecule has 4 heterocycles. The van der Waals surface area contributed by atoms with Gasteiger partial charge in [-0.25, -0.2) is 4.98 Å². The second-order valence-electron chi connectivity index (χ2n) is 7.37. The van der Waals surface area contributed by atoms with Gasteiger partial charge in [-0.2, -0.15) is 0 Å². The Morgan fingerprint density at radius 3 is 2.84 bits per heavy atom. The van der Waals surface area contributed by atoms with Gasteiger partial charge in [-0.1, -0.05) is 6.42 Å². The first-order chi connectivity index (χ1) is 12.2. The molecular weight excluding hydrogens is 316 g/mol. The largest absolute Gasteiger partial charge is 0.380 e. The van der Waals surface area contributed by atoms with Crippen LogP contribution in [0.5, 0.6) is 0 Å². The standard InChI is InChI=1S/C18H28N6O/c1-12-13(2)20-18(19-12)15-9-14(25-3)10-23(15)11-17-22-21-16-7-5-4-6-8-24(16)17/h14-15H,4-11H2,1-3H3,(H,19,20)/t14-,15+/m1/s1. The molecule has 0 radical (unpaired) electrons. The smallest absolute Gasteiger partial charge is 0.147 e. The minimum atomic E-state index is 0.238. The fourth-order valence-corrected chi connectivity index (χ4v) is 4.07. The zero-order valence-corrected chi connectivity index (χ0v) is 15.5. The van der Waals surface area contributed by atoms with Crippen molar-refractivity contribution in [2.24, 2.45) is 0 Å². The number of likely N-dealkylation sites (tertiary alicyclic amines) is 1. The van der Waals surface area contributed by atoms with E-state index < -0.39 is 0 Å². The number of aryl methyl sites for hydroxylation is 3. The van der Waals surface area contributed by atoms with Crippen LogP contribution in [0.1, 0.15) is 60.6 Å². The third-order valence-corrected chi connectivity index (χ3v) is 5.69. The highest BCUT2D eigenvalue weighted by atomic mass is 16.5. The van der Waals surface area contributed by atoms with Gasteiger partial charge in [0.15, 0.2) is 0 Å². The molecule has 1 fully saturated rings. The van der Waals surface area contributed by atoms with Gasteiger partial charge in [0.1, 0.15) is 17.5 Å². The van der Waals surface area contributed by atoms with E-state index in [1.54, 1.807) is 7.11 Å². The lowest BCUT2D eigenvalue weighted by atomic mass is 10.2. The highest BCUT2D eigenvalue weighted by Crippen LogP contribution is 2.33. The summed E-state index contributed by atoms with van der Waals surface area (Å²) in [6, 6.07) is 0.246. The van der Waals surface area contributed by atoms with Crippen LogP contribution in [0.3, 0.4) is 0 Å². The van der Waals surface area contributed by atoms with E-state index in [4.69, 9.17) is 9.72 Å². The molecule has 2 aromatic heterocycles. The lowest BCUT2D eigenvalue weighted by Gasteiger charge is -2.22. The van der Waals surface area contributed by atoms with Crippen molar-refractivity contribution in [1.29, 1.82) is 0 Å². The molecule has 136 valence electrons. The van der Waals surface area contributed by atoms with Crippen molar-refractivity contribution in [3.8, 4) is 0 Å². The summed E-state index contributed by atoms with van der Waals surface area (Å²) < 4.78 is 7.99. The number of H-pyrrole nitrogens is 1. The van der Waals surface area contributed by atoms with Crippen molar-refractivity contribution in [3.63, 3.8) is 0 Å². The highest BCUT2D eigenvalue weighted by Gasteiger charge is 2.36. The molecule has 2 aliphatic rings. The zero-order valence-electron chi connectivity index (χ0n) is 15.5. The summed E-state index contributed by atoms with van der Waals surface area (Å²) in [6.45, 7) is 6.89. The van der Waals surface area contributed by atoms with Gasteiger partial charge in [0.05, 0.1) is 24.4 Å². The Bertz CT molecular complexity index is 717. The van der Waals surface area contributed by atoms with Crippen LogP contribution in [0.25, 0.3) is 0 Å². The summed E-state index contributed by atoms with van der Waals surface area (Å²) in [5.74, 6) is 3.28. The maximum atomic E-state index is 5.66. The van der Waals surface area contributed by atoms with E-state index in [-0.39, 0.29) is 12.1 Å². The summed E-state index contributed by atoms with van der Waals surface area (Å²) in [6.07, 6.45) is 5.98. The molecule has 2 atom stereocenters. The lowest BCUT2D eigenvalue weighted by molar-refractivity contribution is 0.106. The molecule has 7 heteroatoms. The normalized spacial score (nSPS) is 24.4. The van der Waals surface area contributed by atoms with Gasteiger partial charge in [0.25, 0.3) is 0 Å². The monoisotopic (exact) mass is 344 g/mol. The number of aromatic amines is 1. The fraction of sp³-hybridized carbons (Fsp3) is 0.722. The molecule has 2 aromatic rings. The molecule has 0 unspecified atom stereocenters. The van der Waals surface area contributed by atoms with E-state index >= 15 is 0 Å². The second kappa shape index (κ2) is 6.88. The Kier molecular flexibility index (Phi) is 4.60. The summed E-state index contributed by atoms with van der Waals surface area (Å²) in [4.78, 5) is 10.6. The van der Waals surface area contributed by atoms with Crippen LogP contribution in [-0.2, 0) is 24.2 Å². The number of methoxy groups -OCH3 is 1. The van der Waals surface area contributed by atoms with Crippen molar-refractivity contribution in [2.45, 2.75) is 71.2 Å². The topological polar surface area (TPSA) is 71.9 Å². The van der Waals surface area contributed by atoms with Gasteiger partial charge in [-0.3, -0.25) is 4.90 Å². The van der Waals surface area contributed by atoms with E-state index in [1.807, 2.05) is 0 Å². The second-order valence-corrected chi connectivity index (χ2v) is 7.37. The Labute approximate surface area is 148 Å². The molecular formula is C18H28N6O. The number of imidazole rings is 1. The first-order valence-corrected chi connectivity index (χ1v) is 9.36. The van der Waals surface area contributed by atoms with Crippen molar-refractivity contribution < 1.29 is 4.74 Å². The third kappa shape index (κ3) is 3.22. The maximum absolute atomic E-state index is 5.66. The van der Waals surface area contributed by atoms with Crippen LogP contribution in [-0.4, -0.2) is 49.4 Å². The minimum Gasteiger partial charge on any atom is -0.380 e. The quantitative estimate of drug-likeness (QED) is 0.921. The molecule has 0 amide bonds. The average molecular weight is 344 g/mol. The fourth-order valence-electron chi connectivity index (χ4n) is 4.07. The Morgan fingerprint density at radius 2 is 2.08 bits per heavy atom. The van der Waals surface area contributed by atoms with Crippen molar-refractivity contribution in [3.05, 3.63) is 28.9 Å². The van der Waals surface area contributed by atoms with Crippen LogP contribution in [0.15, 0.2) is 0 Å². The molecule has 4 rings (SSSR count). The van der Waals surface area contributed by atoms with Gasteiger partial charge in [-0.05, 0) is 33.1 Å². The Morgan fingerprint density at radius 1 is 1.20 bits per heavy atom. The molecule has 2 aliphatic heterocycles. The van der Waals surface area contributed by atoms with Crippen molar-refractivity contribution >= 4 is 0 Å². The first kappa shape index (κ1) is 16.7. The molecule has 1 N–H and O–H groups in total. The van der Waals surface area contributed by atoms with Crippen LogP contribution >= 0.6 is 0 Å². The van der Waals surface area contributed by atoms with Crippen LogP contribution in [0, 0.1) is 13.8 Å². The number of ether oxygens (including phenoxy) is 1. The first-order valence-electron chi connectivity index (χ1n) is 9.36. The van der Waals surface area contributed by atoms with Gasteiger partial charge in [0, 0.05) is 32.3 Å². The molecule has 0 aromatic carbocycles. The number of rotatable bonds is 4. The van der Waals surface area contributed by atoms with Crippen LogP contribution < -0.4 is 0 Å². The molecule has 0 spiro atoms. The SMILES string of the molecule is CO[C@@H]1C[C@@H](c2nc(C)c(C)[nH]2)N(Cc2nnc3n2CCCCC3)C1. The zero-order chi connectivity index (χ0) is 17.4. The van der Waals surface area contributed by atoms with Gasteiger partial charge < -0.3 is 14.3 Å². The number of nitrogens with zero attached hydrogens (tertiary/aromatic N) is 5. The van der Waals surface area contributed by atoms with Crippen molar-refractivity contribution in [1.82, 2.24) is 29.6 Å². The lowest BCUT2D eigenvalue weighted by Crippen LogP contribution is -2.27. The third-order valence-electron chi connectivity index (χ3n) is 5.69. The minimum absolute atomic E-state index is 0.238.